The number of aryl methyl sites for hydroxylation is 1. The molecule has 0 unspecified atom stereocenters. The molecule has 0 radical (unpaired) electrons. The quantitative estimate of drug-likeness (QED) is 0.770. The fourth-order valence-electron chi connectivity index (χ4n) is 2.12. The van der Waals surface area contributed by atoms with Crippen molar-refractivity contribution in [3.05, 3.63) is 35.9 Å². The Hall–Kier alpha value is -2.62. The molecule has 0 saturated carbocycles. The molecule has 0 spiro atoms. The van der Waals surface area contributed by atoms with E-state index in [-0.39, 0.29) is 16.6 Å². The summed E-state index contributed by atoms with van der Waals surface area (Å²) in [5.74, 6) is -2.59. The Kier molecular flexibility index (Phi) is 5.31. The number of benzene rings is 1. The summed E-state index contributed by atoms with van der Waals surface area (Å²) in [5, 5.41) is 12.7. The van der Waals surface area contributed by atoms with E-state index in [9.17, 15) is 17.6 Å². The third-order valence-corrected chi connectivity index (χ3v) is 4.58. The summed E-state index contributed by atoms with van der Waals surface area (Å²) in [5.41, 5.74) is 0.872. The van der Waals surface area contributed by atoms with Gasteiger partial charge in [-0.25, -0.2) is 17.6 Å². The maximum absolute atomic E-state index is 14.0. The van der Waals surface area contributed by atoms with Gasteiger partial charge in [-0.15, -0.1) is 0 Å². The van der Waals surface area contributed by atoms with Gasteiger partial charge in [0.15, 0.2) is 18.2 Å². The number of aromatic nitrogens is 2. The second-order valence-electron chi connectivity index (χ2n) is 5.64. The van der Waals surface area contributed by atoms with Crippen LogP contribution in [0.5, 0.6) is 5.75 Å². The van der Waals surface area contributed by atoms with Crippen molar-refractivity contribution in [2.24, 2.45) is 7.05 Å². The second-order valence-corrected chi connectivity index (χ2v) is 7.32. The fourth-order valence-corrected chi connectivity index (χ4v) is 3.19. The van der Waals surface area contributed by atoms with Crippen molar-refractivity contribution in [2.75, 3.05) is 11.3 Å². The van der Waals surface area contributed by atoms with Gasteiger partial charge in [0.05, 0.1) is 16.3 Å². The standard InChI is InChI=1S/C15H18FN3O5S/c1-9(2)15-12(7-19(3)17-15)18-25(22,23)10-4-5-13(11(16)6-10)24-8-14(20)21/h4-7,9,18H,8H2,1-3H3,(H,20,21). The summed E-state index contributed by atoms with van der Waals surface area (Å²) in [6.45, 7) is 3.01. The summed E-state index contributed by atoms with van der Waals surface area (Å²) in [4.78, 5) is 10.1. The minimum atomic E-state index is -4.04. The zero-order valence-electron chi connectivity index (χ0n) is 13.9. The molecule has 0 aliphatic heterocycles. The minimum absolute atomic E-state index is 0.0116. The van der Waals surface area contributed by atoms with E-state index in [0.29, 0.717) is 11.4 Å². The average Bonchev–Trinajstić information content (AvgIpc) is 2.85. The maximum Gasteiger partial charge on any atom is 0.341 e. The SMILES string of the molecule is CC(C)c1nn(C)cc1NS(=O)(=O)c1ccc(OCC(=O)O)c(F)c1. The molecule has 0 aliphatic rings. The molecule has 2 N–H and O–H groups in total. The highest BCUT2D eigenvalue weighted by molar-refractivity contribution is 7.92. The number of carboxylic acid groups (broad SMARTS) is 1. The Balaban J connectivity index is 2.28. The van der Waals surface area contributed by atoms with E-state index in [4.69, 9.17) is 9.84 Å². The van der Waals surface area contributed by atoms with Gasteiger partial charge in [0.25, 0.3) is 10.0 Å². The first-order valence-electron chi connectivity index (χ1n) is 7.30. The lowest BCUT2D eigenvalue weighted by atomic mass is 10.1. The van der Waals surface area contributed by atoms with Crippen molar-refractivity contribution in [1.29, 1.82) is 0 Å². The third-order valence-electron chi connectivity index (χ3n) is 3.21. The first-order chi connectivity index (χ1) is 11.6. The van der Waals surface area contributed by atoms with Gasteiger partial charge in [-0.2, -0.15) is 5.10 Å². The van der Waals surface area contributed by atoms with Crippen LogP contribution < -0.4 is 9.46 Å². The summed E-state index contributed by atoms with van der Waals surface area (Å²) in [7, 11) is -2.38. The summed E-state index contributed by atoms with van der Waals surface area (Å²) >= 11 is 0. The molecule has 2 rings (SSSR count). The van der Waals surface area contributed by atoms with E-state index >= 15 is 0 Å². The van der Waals surface area contributed by atoms with Crippen molar-refractivity contribution in [1.82, 2.24) is 9.78 Å². The van der Waals surface area contributed by atoms with E-state index in [0.717, 1.165) is 18.2 Å². The van der Waals surface area contributed by atoms with Gasteiger partial charge in [0.1, 0.15) is 0 Å². The Bertz CT molecular complexity index is 893. The van der Waals surface area contributed by atoms with Crippen LogP contribution in [0.1, 0.15) is 25.5 Å². The first-order valence-corrected chi connectivity index (χ1v) is 8.79. The van der Waals surface area contributed by atoms with Crippen molar-refractivity contribution in [3.63, 3.8) is 0 Å². The van der Waals surface area contributed by atoms with E-state index in [1.165, 1.54) is 10.9 Å². The molecule has 10 heteroatoms. The number of ether oxygens (including phenoxy) is 1. The zero-order chi connectivity index (χ0) is 18.8. The number of nitrogens with zero attached hydrogens (tertiary/aromatic N) is 2. The van der Waals surface area contributed by atoms with Crippen LogP contribution in [0.25, 0.3) is 0 Å². The molecule has 136 valence electrons. The van der Waals surface area contributed by atoms with Crippen LogP contribution in [0, 0.1) is 5.82 Å². The normalized spacial score (nSPS) is 11.6. The van der Waals surface area contributed by atoms with E-state index in [1.54, 1.807) is 7.05 Å². The fraction of sp³-hybridized carbons (Fsp3) is 0.333. The molecule has 0 aliphatic carbocycles. The molecule has 1 aromatic heterocycles. The summed E-state index contributed by atoms with van der Waals surface area (Å²) < 4.78 is 47.5. The van der Waals surface area contributed by atoms with Crippen LogP contribution in [0.2, 0.25) is 0 Å². The van der Waals surface area contributed by atoms with Crippen LogP contribution in [0.4, 0.5) is 10.1 Å². The number of carboxylic acids is 1. The van der Waals surface area contributed by atoms with Gasteiger partial charge < -0.3 is 9.84 Å². The molecular weight excluding hydrogens is 353 g/mol. The number of anilines is 1. The van der Waals surface area contributed by atoms with Gasteiger partial charge >= 0.3 is 5.97 Å². The lowest BCUT2D eigenvalue weighted by Crippen LogP contribution is -2.15. The highest BCUT2D eigenvalue weighted by Crippen LogP contribution is 2.26. The summed E-state index contributed by atoms with van der Waals surface area (Å²) in [6.07, 6.45) is 1.52. The molecule has 0 fully saturated rings. The van der Waals surface area contributed by atoms with Gasteiger partial charge in [-0.1, -0.05) is 13.8 Å². The highest BCUT2D eigenvalue weighted by atomic mass is 32.2. The minimum Gasteiger partial charge on any atom is -0.479 e. The Morgan fingerprint density at radius 3 is 2.68 bits per heavy atom. The first kappa shape index (κ1) is 18.7. The number of hydrogen-bond donors (Lipinski definition) is 2. The Morgan fingerprint density at radius 1 is 1.44 bits per heavy atom. The maximum atomic E-state index is 14.0. The predicted octanol–water partition coefficient (Wildman–Crippen LogP) is 1.95. The van der Waals surface area contributed by atoms with E-state index in [2.05, 4.69) is 9.82 Å². The monoisotopic (exact) mass is 371 g/mol. The lowest BCUT2D eigenvalue weighted by molar-refractivity contribution is -0.139. The second kappa shape index (κ2) is 7.09. The zero-order valence-corrected chi connectivity index (χ0v) is 14.7. The molecule has 0 bridgehead atoms. The van der Waals surface area contributed by atoms with Crippen molar-refractivity contribution >= 4 is 21.7 Å². The molecule has 0 saturated heterocycles. The highest BCUT2D eigenvalue weighted by Gasteiger charge is 2.21. The van der Waals surface area contributed by atoms with Gasteiger partial charge in [0.2, 0.25) is 0 Å². The van der Waals surface area contributed by atoms with Crippen LogP contribution in [-0.4, -0.2) is 35.9 Å². The molecule has 0 atom stereocenters. The predicted molar refractivity (Wildman–Crippen MR) is 87.6 cm³/mol. The Labute approximate surface area is 144 Å². The molecule has 0 amide bonds. The van der Waals surface area contributed by atoms with Crippen molar-refractivity contribution in [3.8, 4) is 5.75 Å². The van der Waals surface area contributed by atoms with E-state index in [1.807, 2.05) is 13.8 Å². The molecular formula is C15H18FN3O5S. The number of rotatable bonds is 7. The molecule has 1 heterocycles. The van der Waals surface area contributed by atoms with Gasteiger partial charge in [-0.05, 0) is 24.1 Å². The van der Waals surface area contributed by atoms with E-state index < -0.39 is 28.4 Å². The average molecular weight is 371 g/mol. The Morgan fingerprint density at radius 2 is 2.12 bits per heavy atom. The molecule has 8 nitrogen and oxygen atoms in total. The van der Waals surface area contributed by atoms with Crippen LogP contribution in [-0.2, 0) is 21.9 Å². The molecule has 1 aromatic carbocycles. The topological polar surface area (TPSA) is 111 Å². The van der Waals surface area contributed by atoms with Crippen molar-refractivity contribution < 1.29 is 27.4 Å². The number of aliphatic carboxylic acids is 1. The molecule has 25 heavy (non-hydrogen) atoms. The van der Waals surface area contributed by atoms with Crippen molar-refractivity contribution in [2.45, 2.75) is 24.7 Å². The van der Waals surface area contributed by atoms with Gasteiger partial charge in [0, 0.05) is 13.2 Å². The summed E-state index contributed by atoms with van der Waals surface area (Å²) in [6, 6.07) is 2.97. The number of carbonyl (C=O) groups is 1. The van der Waals surface area contributed by atoms with Crippen LogP contribution in [0.3, 0.4) is 0 Å². The van der Waals surface area contributed by atoms with Crippen LogP contribution in [0.15, 0.2) is 29.3 Å². The molecule has 2 aromatic rings. The number of nitrogens with one attached hydrogen (secondary N) is 1. The smallest absolute Gasteiger partial charge is 0.341 e. The van der Waals surface area contributed by atoms with Crippen LogP contribution >= 0.6 is 0 Å². The number of hydrogen-bond acceptors (Lipinski definition) is 5. The largest absolute Gasteiger partial charge is 0.479 e. The lowest BCUT2D eigenvalue weighted by Gasteiger charge is -2.11. The number of sulfonamides is 1. The van der Waals surface area contributed by atoms with Gasteiger partial charge in [-0.3, -0.25) is 9.40 Å². The third kappa shape index (κ3) is 4.47. The number of halogens is 1.